The van der Waals surface area contributed by atoms with Crippen molar-refractivity contribution in [1.29, 1.82) is 0 Å². The van der Waals surface area contributed by atoms with Gasteiger partial charge in [-0.15, -0.1) is 0 Å². The highest BCUT2D eigenvalue weighted by Gasteiger charge is 2.26. The minimum atomic E-state index is 0.171. The van der Waals surface area contributed by atoms with Gasteiger partial charge in [0, 0.05) is 16.8 Å². The van der Waals surface area contributed by atoms with Crippen molar-refractivity contribution in [3.05, 3.63) is 0 Å². The number of aliphatic imine (C=N–C) groups is 1. The van der Waals surface area contributed by atoms with Gasteiger partial charge in [-0.3, -0.25) is 4.99 Å². The molecule has 1 rings (SSSR count). The molecule has 0 aromatic heterocycles. The summed E-state index contributed by atoms with van der Waals surface area (Å²) >= 11 is 0. The molecule has 64 valence electrons. The summed E-state index contributed by atoms with van der Waals surface area (Å²) in [4.78, 5) is 4.25. The van der Waals surface area contributed by atoms with Crippen molar-refractivity contribution >= 4 is 16.5 Å². The van der Waals surface area contributed by atoms with E-state index in [0.29, 0.717) is 0 Å². The molecule has 0 aromatic rings. The third kappa shape index (κ3) is 2.75. The van der Waals surface area contributed by atoms with Crippen molar-refractivity contribution < 1.29 is 4.74 Å². The van der Waals surface area contributed by atoms with Crippen LogP contribution in [0.15, 0.2) is 4.99 Å². The Hall–Kier alpha value is -0.153. The number of hydrogen-bond donors (Lipinski definition) is 0. The van der Waals surface area contributed by atoms with E-state index in [9.17, 15) is 0 Å². The molecule has 0 aliphatic carbocycles. The van der Waals surface area contributed by atoms with Crippen LogP contribution in [0.3, 0.4) is 0 Å². The third-order valence-corrected chi connectivity index (χ3v) is 3.26. The van der Waals surface area contributed by atoms with Crippen LogP contribution in [0.4, 0.5) is 0 Å². The van der Waals surface area contributed by atoms with Crippen molar-refractivity contribution in [2.75, 3.05) is 13.2 Å². The molecular weight excluding hydrogens is 154 g/mol. The molecule has 0 saturated carbocycles. The highest BCUT2D eigenvalue weighted by atomic mass is 28.1. The Bertz CT molecular complexity index is 141. The van der Waals surface area contributed by atoms with Crippen molar-refractivity contribution in [2.24, 2.45) is 4.99 Å². The molecule has 0 spiro atoms. The van der Waals surface area contributed by atoms with Crippen molar-refractivity contribution in [3.63, 3.8) is 0 Å². The number of ether oxygens (including phenoxy) is 1. The summed E-state index contributed by atoms with van der Waals surface area (Å²) in [7, 11) is 1.11. The van der Waals surface area contributed by atoms with Gasteiger partial charge in [0.05, 0.1) is 11.8 Å². The lowest BCUT2D eigenvalue weighted by atomic mass is 10.1. The fourth-order valence-electron chi connectivity index (χ4n) is 1.40. The molecule has 0 N–H and O–H groups in total. The standard InChI is InChI=1S/C8H17NOSi/c1-2-9-7-8(11)5-3-4-6-10-8/h2H,3-7H2,1,11H3. The van der Waals surface area contributed by atoms with Gasteiger partial charge in [-0.1, -0.05) is 0 Å². The minimum absolute atomic E-state index is 0.171. The first-order valence-corrected chi connectivity index (χ1v) is 5.35. The van der Waals surface area contributed by atoms with E-state index in [4.69, 9.17) is 4.74 Å². The molecule has 0 bridgehead atoms. The van der Waals surface area contributed by atoms with Gasteiger partial charge in [0.15, 0.2) is 0 Å². The van der Waals surface area contributed by atoms with Crippen LogP contribution in [0.2, 0.25) is 0 Å². The SMILES string of the molecule is CC=NCC1([SiH3])CCCCO1. The zero-order valence-electron chi connectivity index (χ0n) is 7.47. The molecule has 0 amide bonds. The Balaban J connectivity index is 2.37. The van der Waals surface area contributed by atoms with Gasteiger partial charge in [-0.2, -0.15) is 0 Å². The lowest BCUT2D eigenvalue weighted by molar-refractivity contribution is -0.0105. The summed E-state index contributed by atoms with van der Waals surface area (Å²) in [6, 6.07) is 0. The molecule has 1 heterocycles. The van der Waals surface area contributed by atoms with E-state index in [1.165, 1.54) is 19.3 Å². The van der Waals surface area contributed by atoms with Crippen LogP contribution in [-0.2, 0) is 4.74 Å². The lowest BCUT2D eigenvalue weighted by Gasteiger charge is -2.32. The molecule has 1 aliphatic heterocycles. The zero-order valence-corrected chi connectivity index (χ0v) is 9.47. The van der Waals surface area contributed by atoms with Crippen molar-refractivity contribution in [1.82, 2.24) is 0 Å². The predicted octanol–water partition coefficient (Wildman–Crippen LogP) is 0.339. The molecule has 1 unspecified atom stereocenters. The maximum Gasteiger partial charge on any atom is 0.0675 e. The molecule has 0 aromatic carbocycles. The number of nitrogens with zero attached hydrogens (tertiary/aromatic N) is 1. The van der Waals surface area contributed by atoms with Gasteiger partial charge in [0.25, 0.3) is 0 Å². The maximum absolute atomic E-state index is 5.72. The molecule has 1 saturated heterocycles. The van der Waals surface area contributed by atoms with Crippen LogP contribution in [0.1, 0.15) is 26.2 Å². The van der Waals surface area contributed by atoms with Crippen LogP contribution < -0.4 is 0 Å². The van der Waals surface area contributed by atoms with Crippen molar-refractivity contribution in [3.8, 4) is 0 Å². The average molecular weight is 171 g/mol. The quantitative estimate of drug-likeness (QED) is 0.434. The highest BCUT2D eigenvalue weighted by Crippen LogP contribution is 2.21. The fourth-order valence-corrected chi connectivity index (χ4v) is 2.14. The second-order valence-corrected chi connectivity index (χ2v) is 5.18. The van der Waals surface area contributed by atoms with Gasteiger partial charge >= 0.3 is 0 Å². The lowest BCUT2D eigenvalue weighted by Crippen LogP contribution is -2.39. The van der Waals surface area contributed by atoms with Gasteiger partial charge in [-0.25, -0.2) is 0 Å². The Morgan fingerprint density at radius 1 is 1.64 bits per heavy atom. The summed E-state index contributed by atoms with van der Waals surface area (Å²) in [5, 5.41) is 0.171. The smallest absolute Gasteiger partial charge is 0.0675 e. The Morgan fingerprint density at radius 2 is 2.45 bits per heavy atom. The van der Waals surface area contributed by atoms with E-state index < -0.39 is 0 Å². The highest BCUT2D eigenvalue weighted by molar-refractivity contribution is 6.14. The molecule has 1 aliphatic rings. The largest absolute Gasteiger partial charge is 0.378 e. The first-order valence-electron chi connectivity index (χ1n) is 4.35. The van der Waals surface area contributed by atoms with Crippen LogP contribution in [0, 0.1) is 0 Å². The monoisotopic (exact) mass is 171 g/mol. The van der Waals surface area contributed by atoms with E-state index in [2.05, 4.69) is 4.99 Å². The Labute approximate surface area is 71.5 Å². The fraction of sp³-hybridized carbons (Fsp3) is 0.875. The Kier molecular flexibility index (Phi) is 3.27. The third-order valence-electron chi connectivity index (χ3n) is 2.16. The molecule has 11 heavy (non-hydrogen) atoms. The summed E-state index contributed by atoms with van der Waals surface area (Å²) in [6.45, 7) is 3.80. The van der Waals surface area contributed by atoms with E-state index in [1.807, 2.05) is 13.1 Å². The van der Waals surface area contributed by atoms with Gasteiger partial charge in [-0.05, 0) is 32.4 Å². The summed E-state index contributed by atoms with van der Waals surface area (Å²) in [6.07, 6.45) is 5.65. The van der Waals surface area contributed by atoms with Gasteiger partial charge < -0.3 is 4.74 Å². The van der Waals surface area contributed by atoms with E-state index in [-0.39, 0.29) is 5.22 Å². The van der Waals surface area contributed by atoms with E-state index in [1.54, 1.807) is 0 Å². The summed E-state index contributed by atoms with van der Waals surface area (Å²) < 4.78 is 5.72. The van der Waals surface area contributed by atoms with Gasteiger partial charge in [0.1, 0.15) is 0 Å². The maximum atomic E-state index is 5.72. The molecule has 0 radical (unpaired) electrons. The Morgan fingerprint density at radius 3 is 3.00 bits per heavy atom. The predicted molar refractivity (Wildman–Crippen MR) is 51.5 cm³/mol. The van der Waals surface area contributed by atoms with Crippen LogP contribution in [0.25, 0.3) is 0 Å². The minimum Gasteiger partial charge on any atom is -0.378 e. The molecule has 2 nitrogen and oxygen atoms in total. The zero-order chi connectivity index (χ0) is 8.16. The van der Waals surface area contributed by atoms with Crippen LogP contribution in [-0.4, -0.2) is 34.8 Å². The number of rotatable bonds is 2. The van der Waals surface area contributed by atoms with Gasteiger partial charge in [0.2, 0.25) is 0 Å². The summed E-state index contributed by atoms with van der Waals surface area (Å²) in [5.74, 6) is 0. The normalized spacial score (nSPS) is 33.2. The molecule has 1 atom stereocenters. The van der Waals surface area contributed by atoms with Crippen LogP contribution >= 0.6 is 0 Å². The second kappa shape index (κ2) is 4.02. The molecule has 1 fully saturated rings. The van der Waals surface area contributed by atoms with E-state index >= 15 is 0 Å². The topological polar surface area (TPSA) is 21.6 Å². The molecule has 3 heteroatoms. The average Bonchev–Trinajstić information content (AvgIpc) is 2.03. The molecular formula is C8H17NOSi. The first kappa shape index (κ1) is 8.94. The summed E-state index contributed by atoms with van der Waals surface area (Å²) in [5.41, 5.74) is 0. The first-order chi connectivity index (χ1) is 5.27. The van der Waals surface area contributed by atoms with E-state index in [0.717, 1.165) is 23.4 Å². The van der Waals surface area contributed by atoms with Crippen LogP contribution in [0.5, 0.6) is 0 Å². The van der Waals surface area contributed by atoms with Crippen molar-refractivity contribution in [2.45, 2.75) is 31.4 Å². The second-order valence-electron chi connectivity index (χ2n) is 3.35. The number of hydrogen-bond acceptors (Lipinski definition) is 2.